The minimum Gasteiger partial charge on any atom is -0.333 e. The minimum atomic E-state index is 0.742. The molecule has 19 heavy (non-hydrogen) atoms. The Morgan fingerprint density at radius 2 is 1.95 bits per heavy atom. The molecule has 1 heterocycles. The zero-order valence-corrected chi connectivity index (χ0v) is 11.5. The molecular formula is C16H21N3. The molecule has 3 nitrogen and oxygen atoms in total. The molecular weight excluding hydrogens is 234 g/mol. The molecule has 0 atom stereocenters. The van der Waals surface area contributed by atoms with Crippen LogP contribution in [0.15, 0.2) is 36.8 Å². The summed E-state index contributed by atoms with van der Waals surface area (Å²) in [6.07, 6.45) is 7.82. The highest BCUT2D eigenvalue weighted by molar-refractivity contribution is 5.22. The van der Waals surface area contributed by atoms with E-state index >= 15 is 0 Å². The van der Waals surface area contributed by atoms with Crippen molar-refractivity contribution in [3.63, 3.8) is 0 Å². The average Bonchev–Trinajstić information content (AvgIpc) is 3.17. The number of imidazole rings is 1. The van der Waals surface area contributed by atoms with Crippen molar-refractivity contribution < 1.29 is 0 Å². The Kier molecular flexibility index (Phi) is 3.65. The number of hydrogen-bond donors (Lipinski definition) is 1. The van der Waals surface area contributed by atoms with E-state index in [1.807, 2.05) is 6.33 Å². The zero-order chi connectivity index (χ0) is 13.1. The standard InChI is InChI=1S/C16H21N3/c1-2-13-3-5-14(6-4-13)10-19-11-16(18-12-19)9-17-15-7-8-15/h3-6,11-12,15,17H,2,7-10H2,1H3. The summed E-state index contributed by atoms with van der Waals surface area (Å²) in [6.45, 7) is 3.98. The third-order valence-corrected chi connectivity index (χ3v) is 3.63. The van der Waals surface area contributed by atoms with Gasteiger partial charge in [-0.2, -0.15) is 0 Å². The van der Waals surface area contributed by atoms with Gasteiger partial charge in [-0.05, 0) is 30.4 Å². The molecule has 3 rings (SSSR count). The quantitative estimate of drug-likeness (QED) is 0.860. The van der Waals surface area contributed by atoms with Crippen LogP contribution in [0.2, 0.25) is 0 Å². The van der Waals surface area contributed by atoms with Crippen molar-refractivity contribution >= 4 is 0 Å². The summed E-state index contributed by atoms with van der Waals surface area (Å²) >= 11 is 0. The first-order chi connectivity index (χ1) is 9.33. The first-order valence-corrected chi connectivity index (χ1v) is 7.15. The molecule has 2 aromatic rings. The van der Waals surface area contributed by atoms with Gasteiger partial charge in [-0.25, -0.2) is 4.98 Å². The van der Waals surface area contributed by atoms with E-state index in [9.17, 15) is 0 Å². The fraction of sp³-hybridized carbons (Fsp3) is 0.438. The lowest BCUT2D eigenvalue weighted by Crippen LogP contribution is -2.15. The molecule has 0 aliphatic heterocycles. The van der Waals surface area contributed by atoms with E-state index < -0.39 is 0 Å². The third kappa shape index (κ3) is 3.44. The van der Waals surface area contributed by atoms with Gasteiger partial charge in [0.15, 0.2) is 0 Å². The Labute approximate surface area is 114 Å². The van der Waals surface area contributed by atoms with Gasteiger partial charge >= 0.3 is 0 Å². The zero-order valence-electron chi connectivity index (χ0n) is 11.5. The Hall–Kier alpha value is -1.61. The normalized spacial score (nSPS) is 14.8. The maximum absolute atomic E-state index is 4.45. The van der Waals surface area contributed by atoms with Crippen molar-refractivity contribution in [2.75, 3.05) is 0 Å². The van der Waals surface area contributed by atoms with E-state index in [2.05, 4.69) is 52.3 Å². The molecule has 1 N–H and O–H groups in total. The summed E-state index contributed by atoms with van der Waals surface area (Å²) in [7, 11) is 0. The third-order valence-electron chi connectivity index (χ3n) is 3.63. The fourth-order valence-corrected chi connectivity index (χ4v) is 2.21. The molecule has 0 saturated heterocycles. The van der Waals surface area contributed by atoms with Crippen molar-refractivity contribution in [3.05, 3.63) is 53.6 Å². The van der Waals surface area contributed by atoms with Crippen LogP contribution in [0.5, 0.6) is 0 Å². The van der Waals surface area contributed by atoms with Gasteiger partial charge in [0.2, 0.25) is 0 Å². The highest BCUT2D eigenvalue weighted by Gasteiger charge is 2.20. The number of aromatic nitrogens is 2. The van der Waals surface area contributed by atoms with Crippen molar-refractivity contribution in [2.24, 2.45) is 0 Å². The van der Waals surface area contributed by atoms with Crippen LogP contribution in [0.4, 0.5) is 0 Å². The summed E-state index contributed by atoms with van der Waals surface area (Å²) in [5.41, 5.74) is 3.86. The summed E-state index contributed by atoms with van der Waals surface area (Å²) < 4.78 is 2.16. The first kappa shape index (κ1) is 12.4. The molecule has 1 aromatic carbocycles. The molecule has 0 spiro atoms. The minimum absolute atomic E-state index is 0.742. The molecule has 1 aromatic heterocycles. The van der Waals surface area contributed by atoms with E-state index in [1.165, 1.54) is 24.0 Å². The molecule has 1 aliphatic carbocycles. The smallest absolute Gasteiger partial charge is 0.0953 e. The fourth-order valence-electron chi connectivity index (χ4n) is 2.21. The van der Waals surface area contributed by atoms with E-state index in [1.54, 1.807) is 0 Å². The van der Waals surface area contributed by atoms with Crippen LogP contribution in [0.25, 0.3) is 0 Å². The molecule has 0 amide bonds. The molecule has 1 aliphatic rings. The SMILES string of the molecule is CCc1ccc(Cn2cnc(CNC3CC3)c2)cc1. The maximum atomic E-state index is 4.45. The Balaban J connectivity index is 1.58. The number of nitrogens with zero attached hydrogens (tertiary/aromatic N) is 2. The lowest BCUT2D eigenvalue weighted by atomic mass is 10.1. The second kappa shape index (κ2) is 5.57. The predicted molar refractivity (Wildman–Crippen MR) is 77.0 cm³/mol. The molecule has 3 heteroatoms. The highest BCUT2D eigenvalue weighted by Crippen LogP contribution is 2.19. The van der Waals surface area contributed by atoms with Gasteiger partial charge in [0.05, 0.1) is 12.0 Å². The number of benzene rings is 1. The van der Waals surface area contributed by atoms with Crippen molar-refractivity contribution in [3.8, 4) is 0 Å². The van der Waals surface area contributed by atoms with E-state index in [4.69, 9.17) is 0 Å². The van der Waals surface area contributed by atoms with Crippen molar-refractivity contribution in [2.45, 2.75) is 45.3 Å². The van der Waals surface area contributed by atoms with Gasteiger partial charge in [0.1, 0.15) is 0 Å². The van der Waals surface area contributed by atoms with Gasteiger partial charge in [-0.15, -0.1) is 0 Å². The van der Waals surface area contributed by atoms with Gasteiger partial charge in [0, 0.05) is 25.3 Å². The lowest BCUT2D eigenvalue weighted by molar-refractivity contribution is 0.676. The van der Waals surface area contributed by atoms with Gasteiger partial charge in [0.25, 0.3) is 0 Å². The Morgan fingerprint density at radius 1 is 1.21 bits per heavy atom. The highest BCUT2D eigenvalue weighted by atomic mass is 15.1. The molecule has 0 bridgehead atoms. The number of hydrogen-bond acceptors (Lipinski definition) is 2. The van der Waals surface area contributed by atoms with Gasteiger partial charge < -0.3 is 9.88 Å². The second-order valence-corrected chi connectivity index (χ2v) is 5.36. The van der Waals surface area contributed by atoms with Crippen molar-refractivity contribution in [1.29, 1.82) is 0 Å². The number of nitrogens with one attached hydrogen (secondary N) is 1. The van der Waals surface area contributed by atoms with Crippen LogP contribution in [0.1, 0.15) is 36.6 Å². The van der Waals surface area contributed by atoms with E-state index in [0.717, 1.165) is 31.2 Å². The molecule has 1 saturated carbocycles. The monoisotopic (exact) mass is 255 g/mol. The lowest BCUT2D eigenvalue weighted by Gasteiger charge is -2.03. The van der Waals surface area contributed by atoms with Crippen LogP contribution < -0.4 is 5.32 Å². The predicted octanol–water partition coefficient (Wildman–Crippen LogP) is 2.75. The van der Waals surface area contributed by atoms with Gasteiger partial charge in [-0.3, -0.25) is 0 Å². The first-order valence-electron chi connectivity index (χ1n) is 7.15. The van der Waals surface area contributed by atoms with E-state index in [-0.39, 0.29) is 0 Å². The van der Waals surface area contributed by atoms with Crippen LogP contribution in [0.3, 0.4) is 0 Å². The molecule has 0 radical (unpaired) electrons. The molecule has 100 valence electrons. The number of rotatable bonds is 6. The van der Waals surface area contributed by atoms with Crippen LogP contribution in [0, 0.1) is 0 Å². The number of aryl methyl sites for hydroxylation is 1. The van der Waals surface area contributed by atoms with Crippen molar-refractivity contribution in [1.82, 2.24) is 14.9 Å². The second-order valence-electron chi connectivity index (χ2n) is 5.36. The van der Waals surface area contributed by atoms with Crippen LogP contribution >= 0.6 is 0 Å². The Morgan fingerprint density at radius 3 is 2.63 bits per heavy atom. The Bertz CT molecular complexity index is 523. The maximum Gasteiger partial charge on any atom is 0.0953 e. The average molecular weight is 255 g/mol. The largest absolute Gasteiger partial charge is 0.333 e. The molecule has 0 unspecified atom stereocenters. The summed E-state index contributed by atoms with van der Waals surface area (Å²) in [4.78, 5) is 4.45. The summed E-state index contributed by atoms with van der Waals surface area (Å²) in [5.74, 6) is 0. The summed E-state index contributed by atoms with van der Waals surface area (Å²) in [5, 5.41) is 3.49. The molecule has 1 fully saturated rings. The van der Waals surface area contributed by atoms with E-state index in [0.29, 0.717) is 0 Å². The van der Waals surface area contributed by atoms with Crippen LogP contribution in [-0.4, -0.2) is 15.6 Å². The van der Waals surface area contributed by atoms with Gasteiger partial charge in [-0.1, -0.05) is 31.2 Å². The summed E-state index contributed by atoms with van der Waals surface area (Å²) in [6, 6.07) is 9.58. The topological polar surface area (TPSA) is 29.9 Å². The van der Waals surface area contributed by atoms with Crippen LogP contribution in [-0.2, 0) is 19.5 Å².